The maximum absolute atomic E-state index is 12.4. The van der Waals surface area contributed by atoms with Crippen molar-refractivity contribution in [1.29, 1.82) is 0 Å². The van der Waals surface area contributed by atoms with Crippen LogP contribution in [0.2, 0.25) is 0 Å². The summed E-state index contributed by atoms with van der Waals surface area (Å²) in [5, 5.41) is 21.8. The highest BCUT2D eigenvalue weighted by Gasteiger charge is 2.70. The lowest BCUT2D eigenvalue weighted by atomic mass is 9.39. The van der Waals surface area contributed by atoms with Gasteiger partial charge in [-0.2, -0.15) is 0 Å². The molecule has 0 aromatic rings. The second kappa shape index (κ2) is 5.85. The van der Waals surface area contributed by atoms with Crippen LogP contribution >= 0.6 is 0 Å². The lowest BCUT2D eigenvalue weighted by molar-refractivity contribution is -0.234. The van der Waals surface area contributed by atoms with E-state index in [0.717, 1.165) is 44.9 Å². The van der Waals surface area contributed by atoms with E-state index in [1.165, 1.54) is 4.90 Å². The summed E-state index contributed by atoms with van der Waals surface area (Å²) in [5.41, 5.74) is -1.08. The van der Waals surface area contributed by atoms with E-state index >= 15 is 0 Å². The lowest BCUT2D eigenvalue weighted by Gasteiger charge is -2.67. The van der Waals surface area contributed by atoms with Crippen LogP contribution in [0.25, 0.3) is 0 Å². The first-order chi connectivity index (χ1) is 12.4. The first-order valence-electron chi connectivity index (χ1n) is 10.7. The summed E-state index contributed by atoms with van der Waals surface area (Å²) < 4.78 is 6.05. The summed E-state index contributed by atoms with van der Waals surface area (Å²) in [6.07, 6.45) is 6.80. The Hall–Kier alpha value is -0.810. The number of amides is 1. The van der Waals surface area contributed by atoms with Crippen molar-refractivity contribution in [3.63, 3.8) is 0 Å². The molecule has 0 heterocycles. The first-order valence-corrected chi connectivity index (χ1v) is 10.7. The molecule has 1 spiro atoms. The quantitative estimate of drug-likeness (QED) is 0.731. The highest BCUT2D eigenvalue weighted by molar-refractivity contribution is 5.67. The van der Waals surface area contributed by atoms with E-state index in [1.807, 2.05) is 13.8 Å². The number of nitrogens with zero attached hydrogens (tertiary/aromatic N) is 1. The Morgan fingerprint density at radius 3 is 2.37 bits per heavy atom. The molecule has 4 saturated carbocycles. The van der Waals surface area contributed by atoms with Crippen molar-refractivity contribution in [2.45, 2.75) is 89.4 Å². The minimum Gasteiger partial charge on any atom is -0.443 e. The van der Waals surface area contributed by atoms with E-state index in [4.69, 9.17) is 4.74 Å². The normalized spacial score (nSPS) is 54.0. The van der Waals surface area contributed by atoms with Crippen LogP contribution in [-0.4, -0.2) is 52.6 Å². The van der Waals surface area contributed by atoms with E-state index < -0.39 is 17.3 Å². The summed E-state index contributed by atoms with van der Waals surface area (Å²) in [5.74, 6) is 1.13. The van der Waals surface area contributed by atoms with Crippen LogP contribution in [0.4, 0.5) is 4.79 Å². The largest absolute Gasteiger partial charge is 0.443 e. The number of aliphatic hydroxyl groups excluding tert-OH is 1. The first kappa shape index (κ1) is 19.5. The van der Waals surface area contributed by atoms with Crippen molar-refractivity contribution < 1.29 is 19.7 Å². The Bertz CT molecular complexity index is 634. The molecule has 27 heavy (non-hydrogen) atoms. The summed E-state index contributed by atoms with van der Waals surface area (Å²) in [4.78, 5) is 13.9. The number of ether oxygens (including phenoxy) is 1. The molecule has 0 unspecified atom stereocenters. The molecule has 0 aromatic carbocycles. The molecule has 4 rings (SSSR count). The van der Waals surface area contributed by atoms with Gasteiger partial charge in [0.2, 0.25) is 0 Å². The molecule has 4 aliphatic rings. The third kappa shape index (κ3) is 2.60. The Labute approximate surface area is 163 Å². The van der Waals surface area contributed by atoms with Gasteiger partial charge in [-0.3, -0.25) is 0 Å². The fourth-order valence-electron chi connectivity index (χ4n) is 8.13. The smallest absolute Gasteiger partial charge is 0.409 e. The molecule has 5 nitrogen and oxygen atoms in total. The van der Waals surface area contributed by atoms with Gasteiger partial charge in [0.25, 0.3) is 0 Å². The third-order valence-corrected chi connectivity index (χ3v) is 9.30. The molecule has 154 valence electrons. The van der Waals surface area contributed by atoms with E-state index in [-0.39, 0.29) is 22.8 Å². The van der Waals surface area contributed by atoms with Gasteiger partial charge in [-0.1, -0.05) is 6.92 Å². The van der Waals surface area contributed by atoms with Gasteiger partial charge in [-0.25, -0.2) is 4.79 Å². The summed E-state index contributed by atoms with van der Waals surface area (Å²) in [6, 6.07) is 0. The maximum atomic E-state index is 12.4. The predicted octanol–water partition coefficient (Wildman–Crippen LogP) is 3.57. The predicted molar refractivity (Wildman–Crippen MR) is 103 cm³/mol. The average Bonchev–Trinajstić information content (AvgIpc) is 2.94. The monoisotopic (exact) mass is 379 g/mol. The molecule has 8 atom stereocenters. The van der Waals surface area contributed by atoms with E-state index in [0.29, 0.717) is 18.3 Å². The number of hydrogen-bond acceptors (Lipinski definition) is 4. The molecule has 5 heteroatoms. The molecule has 2 bridgehead atoms. The zero-order chi connectivity index (χ0) is 19.8. The molecule has 2 N–H and O–H groups in total. The Kier molecular flexibility index (Phi) is 4.23. The van der Waals surface area contributed by atoms with Gasteiger partial charge in [-0.15, -0.1) is 0 Å². The Morgan fingerprint density at radius 2 is 1.70 bits per heavy atom. The van der Waals surface area contributed by atoms with E-state index in [9.17, 15) is 15.0 Å². The number of aliphatic hydroxyl groups is 2. The van der Waals surface area contributed by atoms with Crippen LogP contribution in [-0.2, 0) is 4.74 Å². The minimum absolute atomic E-state index is 0.0554. The van der Waals surface area contributed by atoms with Crippen molar-refractivity contribution in [2.24, 2.45) is 28.6 Å². The molecule has 0 aromatic heterocycles. The van der Waals surface area contributed by atoms with Gasteiger partial charge in [0.1, 0.15) is 5.60 Å². The summed E-state index contributed by atoms with van der Waals surface area (Å²) in [7, 11) is 3.43. The summed E-state index contributed by atoms with van der Waals surface area (Å²) >= 11 is 0. The highest BCUT2D eigenvalue weighted by Crippen LogP contribution is 2.74. The van der Waals surface area contributed by atoms with E-state index in [2.05, 4.69) is 6.92 Å². The van der Waals surface area contributed by atoms with Gasteiger partial charge < -0.3 is 19.8 Å². The van der Waals surface area contributed by atoms with Gasteiger partial charge >= 0.3 is 6.09 Å². The zero-order valence-corrected chi connectivity index (χ0v) is 17.6. The minimum atomic E-state index is -0.633. The molecular formula is C22H37NO4. The van der Waals surface area contributed by atoms with Gasteiger partial charge in [0, 0.05) is 26.4 Å². The third-order valence-electron chi connectivity index (χ3n) is 9.30. The van der Waals surface area contributed by atoms with Gasteiger partial charge in [0.15, 0.2) is 0 Å². The average molecular weight is 380 g/mol. The number of carbonyl (C=O) groups excluding carboxylic acids is 1. The fourth-order valence-corrected chi connectivity index (χ4v) is 8.13. The molecule has 4 fully saturated rings. The number of rotatable bonds is 1. The molecule has 0 saturated heterocycles. The second-order valence-electron chi connectivity index (χ2n) is 11.0. The molecule has 0 aliphatic heterocycles. The molecule has 1 amide bonds. The van der Waals surface area contributed by atoms with Crippen molar-refractivity contribution in [2.75, 3.05) is 14.1 Å². The summed E-state index contributed by atoms with van der Waals surface area (Å²) in [6.45, 7) is 6.43. The van der Waals surface area contributed by atoms with Gasteiger partial charge in [0.05, 0.1) is 11.7 Å². The standard InChI is InChI=1S/C22H37NO4/c1-19-12-16(24)13-21(3,27-18(25)23(4)5)17(19)7-6-15-10-20(2,26)14-8-9-22(15,19)11-14/h14-17,24,26H,6-13H2,1-5H3/t14-,15+,16+,17-,19+,20+,21-,22-/m1/s1. The van der Waals surface area contributed by atoms with Gasteiger partial charge in [-0.05, 0) is 81.5 Å². The molecular weight excluding hydrogens is 342 g/mol. The number of fused-ring (bicyclic) bond motifs is 2. The van der Waals surface area contributed by atoms with Crippen LogP contribution in [0, 0.1) is 28.6 Å². The second-order valence-corrected chi connectivity index (χ2v) is 11.0. The fraction of sp³-hybridized carbons (Fsp3) is 0.955. The van der Waals surface area contributed by atoms with Crippen LogP contribution in [0.1, 0.15) is 72.1 Å². The van der Waals surface area contributed by atoms with Crippen LogP contribution in [0.15, 0.2) is 0 Å². The Balaban J connectivity index is 1.72. The molecule has 4 aliphatic carbocycles. The number of hydrogen-bond donors (Lipinski definition) is 2. The lowest BCUT2D eigenvalue weighted by Crippen LogP contribution is -2.65. The topological polar surface area (TPSA) is 70.0 Å². The van der Waals surface area contributed by atoms with Crippen LogP contribution in [0.3, 0.4) is 0 Å². The zero-order valence-electron chi connectivity index (χ0n) is 17.6. The van der Waals surface area contributed by atoms with Crippen molar-refractivity contribution in [3.05, 3.63) is 0 Å². The van der Waals surface area contributed by atoms with E-state index in [1.54, 1.807) is 14.1 Å². The van der Waals surface area contributed by atoms with Crippen LogP contribution < -0.4 is 0 Å². The Morgan fingerprint density at radius 1 is 1.00 bits per heavy atom. The maximum Gasteiger partial charge on any atom is 0.409 e. The highest BCUT2D eigenvalue weighted by atomic mass is 16.6. The number of carbonyl (C=O) groups is 1. The molecule has 0 radical (unpaired) electrons. The van der Waals surface area contributed by atoms with Crippen molar-refractivity contribution in [3.8, 4) is 0 Å². The van der Waals surface area contributed by atoms with Crippen molar-refractivity contribution >= 4 is 6.09 Å². The SMILES string of the molecule is CN(C)C(=O)O[C@]1(C)C[C@@H](O)C[C@@]2(C)[C@H]1CC[C@H]1C[C@](C)(O)[C@@H]3CC[C@@]12C3. The van der Waals surface area contributed by atoms with Crippen molar-refractivity contribution in [1.82, 2.24) is 4.90 Å². The van der Waals surface area contributed by atoms with Crippen LogP contribution in [0.5, 0.6) is 0 Å².